The molecule has 9 heavy (non-hydrogen) atoms. The molecule has 54 valence electrons. The van der Waals surface area contributed by atoms with E-state index in [0.717, 1.165) is 5.41 Å². The van der Waals surface area contributed by atoms with Crippen molar-refractivity contribution in [3.63, 3.8) is 0 Å². The zero-order chi connectivity index (χ0) is 6.16. The van der Waals surface area contributed by atoms with E-state index in [1.165, 1.54) is 30.5 Å². The maximum absolute atomic E-state index is 3.49. The van der Waals surface area contributed by atoms with E-state index in [1.54, 1.807) is 0 Å². The predicted octanol–water partition coefficient (Wildman–Crippen LogP) is -3.43. The van der Waals surface area contributed by atoms with Crippen LogP contribution in [0.1, 0.15) is 6.42 Å². The summed E-state index contributed by atoms with van der Waals surface area (Å²) in [6.07, 6.45) is 1.42. The van der Waals surface area contributed by atoms with E-state index in [1.807, 2.05) is 0 Å². The molecule has 0 aromatic carbocycles. The Kier molecular flexibility index (Phi) is 1.67. The summed E-state index contributed by atoms with van der Waals surface area (Å²) in [4.78, 5) is 0. The van der Waals surface area contributed by atoms with Crippen LogP contribution in [0.25, 0.3) is 0 Å². The fourth-order valence-electron chi connectivity index (χ4n) is 1.38. The molecule has 0 amide bonds. The number of hydrogen-bond donors (Lipinski definition) is 2. The number of alkyl halides is 1. The van der Waals surface area contributed by atoms with Gasteiger partial charge in [0, 0.05) is 0 Å². The molecule has 0 radical (unpaired) electrons. The SMILES string of the molecule is C1CC2(CNC2)C[I-]N1. The van der Waals surface area contributed by atoms with Gasteiger partial charge < -0.3 is 0 Å². The molecule has 3 heteroatoms. The molecule has 0 aliphatic carbocycles. The fourth-order valence-corrected chi connectivity index (χ4v) is 4.04. The monoisotopic (exact) mass is 239 g/mol. The molecule has 2 aliphatic heterocycles. The van der Waals surface area contributed by atoms with E-state index in [4.69, 9.17) is 0 Å². The van der Waals surface area contributed by atoms with Gasteiger partial charge in [0.2, 0.25) is 0 Å². The molecule has 1 spiro atoms. The van der Waals surface area contributed by atoms with Crippen LogP contribution >= 0.6 is 0 Å². The van der Waals surface area contributed by atoms with Crippen molar-refractivity contribution in [1.29, 1.82) is 0 Å². The normalized spacial score (nSPS) is 32.9. The zero-order valence-corrected chi connectivity index (χ0v) is 7.57. The molecular formula is C6H12IN2-. The van der Waals surface area contributed by atoms with Crippen molar-refractivity contribution >= 4 is 0 Å². The predicted molar refractivity (Wildman–Crippen MR) is 32.8 cm³/mol. The number of halogens is 1. The van der Waals surface area contributed by atoms with Gasteiger partial charge in [0.05, 0.1) is 0 Å². The van der Waals surface area contributed by atoms with Crippen LogP contribution in [0, 0.1) is 5.41 Å². The van der Waals surface area contributed by atoms with E-state index >= 15 is 0 Å². The summed E-state index contributed by atoms with van der Waals surface area (Å²) < 4.78 is 4.99. The van der Waals surface area contributed by atoms with E-state index in [2.05, 4.69) is 8.85 Å². The van der Waals surface area contributed by atoms with Crippen LogP contribution < -0.4 is 30.3 Å². The van der Waals surface area contributed by atoms with E-state index in [-0.39, 0.29) is 0 Å². The molecule has 2 aliphatic rings. The third-order valence-corrected chi connectivity index (χ3v) is 5.27. The number of hydrogen-bond acceptors (Lipinski definition) is 2. The first kappa shape index (κ1) is 6.37. The van der Waals surface area contributed by atoms with Crippen LogP contribution in [0.2, 0.25) is 0 Å². The molecule has 0 atom stereocenters. The van der Waals surface area contributed by atoms with Crippen LogP contribution in [-0.2, 0) is 0 Å². The molecular weight excluding hydrogens is 227 g/mol. The summed E-state index contributed by atoms with van der Waals surface area (Å²) in [5, 5.41) is 3.36. The first-order valence-electron chi connectivity index (χ1n) is 3.43. The molecule has 0 bridgehead atoms. The molecule has 2 rings (SSSR count). The standard InChI is InChI=1S/C6H12IN2/c1-2-9-7-3-6(1)4-8-5-6/h8-9H,1-5H2/q-1. The van der Waals surface area contributed by atoms with E-state index in [9.17, 15) is 0 Å². The molecule has 0 unspecified atom stereocenters. The molecule has 2 nitrogen and oxygen atoms in total. The third kappa shape index (κ3) is 1.10. The molecule has 2 saturated heterocycles. The van der Waals surface area contributed by atoms with E-state index in [0.29, 0.717) is 21.5 Å². The van der Waals surface area contributed by atoms with Gasteiger partial charge in [-0.2, -0.15) is 0 Å². The Morgan fingerprint density at radius 2 is 2.22 bits per heavy atom. The van der Waals surface area contributed by atoms with Gasteiger partial charge in [-0.1, -0.05) is 0 Å². The number of nitrogens with one attached hydrogen (secondary N) is 2. The second-order valence-electron chi connectivity index (χ2n) is 3.00. The average molecular weight is 239 g/mol. The van der Waals surface area contributed by atoms with Crippen molar-refractivity contribution in [3.8, 4) is 0 Å². The topological polar surface area (TPSA) is 24.1 Å². The number of rotatable bonds is 0. The van der Waals surface area contributed by atoms with Crippen molar-refractivity contribution in [2.24, 2.45) is 5.41 Å². The fraction of sp³-hybridized carbons (Fsp3) is 1.00. The third-order valence-electron chi connectivity index (χ3n) is 2.19. The summed E-state index contributed by atoms with van der Waals surface area (Å²) in [5.41, 5.74) is 0.776. The van der Waals surface area contributed by atoms with Crippen molar-refractivity contribution in [3.05, 3.63) is 0 Å². The summed E-state index contributed by atoms with van der Waals surface area (Å²) in [5.74, 6) is 0. The Labute approximate surface area is 66.4 Å². The van der Waals surface area contributed by atoms with Crippen molar-refractivity contribution in [2.75, 3.05) is 24.1 Å². The summed E-state index contributed by atoms with van der Waals surface area (Å²) in [6.45, 7) is 3.89. The Bertz CT molecular complexity index is 104. The minimum atomic E-state index is 0.380. The van der Waals surface area contributed by atoms with Gasteiger partial charge in [-0.05, 0) is 0 Å². The maximum atomic E-state index is 3.49. The molecule has 2 N–H and O–H groups in total. The van der Waals surface area contributed by atoms with Crippen LogP contribution in [0.4, 0.5) is 0 Å². The van der Waals surface area contributed by atoms with Gasteiger partial charge >= 0.3 is 66.2 Å². The Morgan fingerprint density at radius 3 is 2.56 bits per heavy atom. The summed E-state index contributed by atoms with van der Waals surface area (Å²) >= 11 is 0.380. The van der Waals surface area contributed by atoms with Gasteiger partial charge in [-0.15, -0.1) is 0 Å². The van der Waals surface area contributed by atoms with E-state index < -0.39 is 0 Å². The molecule has 2 heterocycles. The minimum absolute atomic E-state index is 0.380. The second kappa shape index (κ2) is 2.36. The quantitative estimate of drug-likeness (QED) is 0.261. The first-order chi connectivity index (χ1) is 4.41. The Hall–Kier alpha value is 0.650. The van der Waals surface area contributed by atoms with Crippen LogP contribution in [0.3, 0.4) is 0 Å². The van der Waals surface area contributed by atoms with Crippen molar-refractivity contribution in [2.45, 2.75) is 6.42 Å². The molecule has 0 saturated carbocycles. The summed E-state index contributed by atoms with van der Waals surface area (Å²) in [7, 11) is 0. The van der Waals surface area contributed by atoms with Crippen LogP contribution in [0.5, 0.6) is 0 Å². The van der Waals surface area contributed by atoms with Crippen molar-refractivity contribution in [1.82, 2.24) is 8.85 Å². The van der Waals surface area contributed by atoms with Gasteiger partial charge in [-0.25, -0.2) is 0 Å². The van der Waals surface area contributed by atoms with Gasteiger partial charge in [-0.3, -0.25) is 0 Å². The first-order valence-corrected chi connectivity index (χ1v) is 6.04. The van der Waals surface area contributed by atoms with Gasteiger partial charge in [0.25, 0.3) is 0 Å². The zero-order valence-electron chi connectivity index (χ0n) is 5.41. The van der Waals surface area contributed by atoms with Crippen LogP contribution in [0.15, 0.2) is 0 Å². The summed E-state index contributed by atoms with van der Waals surface area (Å²) in [6, 6.07) is 0. The molecule has 2 fully saturated rings. The Morgan fingerprint density at radius 1 is 1.33 bits per heavy atom. The molecule has 0 aromatic heterocycles. The second-order valence-corrected chi connectivity index (χ2v) is 5.29. The van der Waals surface area contributed by atoms with Crippen molar-refractivity contribution < 1.29 is 21.5 Å². The van der Waals surface area contributed by atoms with Gasteiger partial charge in [0.1, 0.15) is 0 Å². The van der Waals surface area contributed by atoms with Crippen LogP contribution in [-0.4, -0.2) is 24.1 Å². The average Bonchev–Trinajstić information content (AvgIpc) is 1.87. The van der Waals surface area contributed by atoms with Gasteiger partial charge in [0.15, 0.2) is 0 Å². The Balaban J connectivity index is 1.93. The molecule has 0 aromatic rings.